The number of ether oxygens (including phenoxy) is 1. The van der Waals surface area contributed by atoms with Crippen molar-refractivity contribution in [1.82, 2.24) is 9.88 Å². The maximum absolute atomic E-state index is 12.6. The molecule has 3 aromatic rings. The molecular formula is C23H23N3O3S. The summed E-state index contributed by atoms with van der Waals surface area (Å²) in [6, 6.07) is 14.1. The Bertz CT molecular complexity index is 1040. The molecule has 1 saturated heterocycles. The van der Waals surface area contributed by atoms with Gasteiger partial charge in [0.2, 0.25) is 0 Å². The summed E-state index contributed by atoms with van der Waals surface area (Å²) in [7, 11) is 0. The fourth-order valence-corrected chi connectivity index (χ4v) is 3.96. The molecule has 1 aliphatic rings. The van der Waals surface area contributed by atoms with Gasteiger partial charge in [0, 0.05) is 35.3 Å². The third kappa shape index (κ3) is 4.86. The summed E-state index contributed by atoms with van der Waals surface area (Å²) in [5, 5.41) is 5.83. The van der Waals surface area contributed by atoms with Gasteiger partial charge in [-0.25, -0.2) is 4.98 Å². The Morgan fingerprint density at radius 1 is 1.10 bits per heavy atom. The van der Waals surface area contributed by atoms with E-state index < -0.39 is 0 Å². The molecule has 0 spiro atoms. The van der Waals surface area contributed by atoms with Crippen molar-refractivity contribution in [2.24, 2.45) is 0 Å². The number of rotatable bonds is 6. The Morgan fingerprint density at radius 3 is 2.57 bits per heavy atom. The van der Waals surface area contributed by atoms with Crippen molar-refractivity contribution < 1.29 is 14.3 Å². The number of hydrogen-bond donors (Lipinski definition) is 1. The van der Waals surface area contributed by atoms with Crippen LogP contribution in [0.5, 0.6) is 5.75 Å². The predicted octanol–water partition coefficient (Wildman–Crippen LogP) is 4.52. The highest BCUT2D eigenvalue weighted by molar-refractivity contribution is 7.09. The lowest BCUT2D eigenvalue weighted by Crippen LogP contribution is -2.27. The molecule has 7 heteroatoms. The number of aromatic nitrogens is 1. The minimum absolute atomic E-state index is 0.0468. The van der Waals surface area contributed by atoms with E-state index in [-0.39, 0.29) is 11.8 Å². The van der Waals surface area contributed by atoms with Crippen LogP contribution in [0.4, 0.5) is 5.69 Å². The highest BCUT2D eigenvalue weighted by Gasteiger charge is 2.19. The zero-order chi connectivity index (χ0) is 20.9. The number of benzene rings is 2. The Morgan fingerprint density at radius 2 is 1.87 bits per heavy atom. The summed E-state index contributed by atoms with van der Waals surface area (Å²) in [5.41, 5.74) is 2.65. The summed E-state index contributed by atoms with van der Waals surface area (Å²) in [4.78, 5) is 31.3. The molecule has 0 bridgehead atoms. The number of hydrogen-bond acceptors (Lipinski definition) is 5. The standard InChI is InChI=1S/C23H23N3O3S/c1-16-24-20(15-30-16)14-29-21-6-4-5-18(13-21)22(27)25-19-9-7-17(8-10-19)23(28)26-11-2-3-12-26/h4-10,13,15H,2-3,11-12,14H2,1H3,(H,25,27). The van der Waals surface area contributed by atoms with E-state index in [0.29, 0.717) is 29.2 Å². The van der Waals surface area contributed by atoms with Gasteiger partial charge < -0.3 is 15.0 Å². The quantitative estimate of drug-likeness (QED) is 0.635. The molecule has 0 atom stereocenters. The molecule has 6 nitrogen and oxygen atoms in total. The van der Waals surface area contributed by atoms with Crippen LogP contribution in [0.15, 0.2) is 53.9 Å². The molecule has 0 unspecified atom stereocenters. The Labute approximate surface area is 179 Å². The number of anilines is 1. The number of amides is 2. The van der Waals surface area contributed by atoms with Crippen LogP contribution >= 0.6 is 11.3 Å². The zero-order valence-corrected chi connectivity index (χ0v) is 17.6. The molecule has 2 amide bonds. The van der Waals surface area contributed by atoms with Crippen molar-refractivity contribution in [2.75, 3.05) is 18.4 Å². The summed E-state index contributed by atoms with van der Waals surface area (Å²) >= 11 is 1.58. The average Bonchev–Trinajstić information content (AvgIpc) is 3.44. The normalized spacial score (nSPS) is 13.3. The van der Waals surface area contributed by atoms with E-state index in [2.05, 4.69) is 10.3 Å². The number of thiazole rings is 1. The van der Waals surface area contributed by atoms with Gasteiger partial charge in [0.15, 0.2) is 0 Å². The first-order valence-corrected chi connectivity index (χ1v) is 10.8. The van der Waals surface area contributed by atoms with E-state index in [1.165, 1.54) is 0 Å². The second-order valence-corrected chi connectivity index (χ2v) is 8.27. The minimum atomic E-state index is -0.233. The molecule has 1 aromatic heterocycles. The van der Waals surface area contributed by atoms with Crippen LogP contribution < -0.4 is 10.1 Å². The molecule has 1 aliphatic heterocycles. The van der Waals surface area contributed by atoms with Gasteiger partial charge in [-0.1, -0.05) is 6.07 Å². The number of aryl methyl sites for hydroxylation is 1. The van der Waals surface area contributed by atoms with Gasteiger partial charge in [0.25, 0.3) is 11.8 Å². The van der Waals surface area contributed by atoms with Gasteiger partial charge in [-0.15, -0.1) is 11.3 Å². The highest BCUT2D eigenvalue weighted by atomic mass is 32.1. The van der Waals surface area contributed by atoms with E-state index in [1.807, 2.05) is 23.3 Å². The SMILES string of the molecule is Cc1nc(COc2cccc(C(=O)Nc3ccc(C(=O)N4CCCC4)cc3)c2)cs1. The molecule has 4 rings (SSSR count). The van der Waals surface area contributed by atoms with Crippen molar-refractivity contribution in [2.45, 2.75) is 26.4 Å². The van der Waals surface area contributed by atoms with Crippen LogP contribution in [0.1, 0.15) is 44.3 Å². The number of carbonyl (C=O) groups excluding carboxylic acids is 2. The lowest BCUT2D eigenvalue weighted by molar-refractivity contribution is 0.0792. The number of likely N-dealkylation sites (tertiary alicyclic amines) is 1. The molecule has 154 valence electrons. The molecule has 2 heterocycles. The lowest BCUT2D eigenvalue weighted by Gasteiger charge is -2.15. The molecule has 1 fully saturated rings. The second kappa shape index (κ2) is 9.09. The van der Waals surface area contributed by atoms with Gasteiger partial charge in [-0.05, 0) is 62.2 Å². The average molecular weight is 422 g/mol. The van der Waals surface area contributed by atoms with E-state index in [1.54, 1.807) is 53.8 Å². The largest absolute Gasteiger partial charge is 0.487 e. The lowest BCUT2D eigenvalue weighted by atomic mass is 10.1. The number of nitrogens with one attached hydrogen (secondary N) is 1. The van der Waals surface area contributed by atoms with E-state index in [4.69, 9.17) is 4.74 Å². The monoisotopic (exact) mass is 421 g/mol. The Balaban J connectivity index is 1.36. The van der Waals surface area contributed by atoms with Gasteiger partial charge in [0.1, 0.15) is 12.4 Å². The Kier molecular flexibility index (Phi) is 6.09. The molecular weight excluding hydrogens is 398 g/mol. The summed E-state index contributed by atoms with van der Waals surface area (Å²) in [6.45, 7) is 3.95. The zero-order valence-electron chi connectivity index (χ0n) is 16.8. The Hall–Kier alpha value is -3.19. The third-order valence-electron chi connectivity index (χ3n) is 4.93. The van der Waals surface area contributed by atoms with Crippen LogP contribution in [0.2, 0.25) is 0 Å². The van der Waals surface area contributed by atoms with Crippen molar-refractivity contribution >= 4 is 28.8 Å². The molecule has 0 saturated carbocycles. The van der Waals surface area contributed by atoms with Crippen LogP contribution in [-0.4, -0.2) is 34.8 Å². The first-order valence-electron chi connectivity index (χ1n) is 9.93. The van der Waals surface area contributed by atoms with Crippen LogP contribution in [0.3, 0.4) is 0 Å². The third-order valence-corrected chi connectivity index (χ3v) is 5.75. The van der Waals surface area contributed by atoms with Gasteiger partial charge in [0.05, 0.1) is 10.7 Å². The maximum Gasteiger partial charge on any atom is 0.255 e. The summed E-state index contributed by atoms with van der Waals surface area (Å²) < 4.78 is 5.76. The molecule has 0 radical (unpaired) electrons. The van der Waals surface area contributed by atoms with E-state index in [0.717, 1.165) is 36.6 Å². The van der Waals surface area contributed by atoms with Crippen LogP contribution in [-0.2, 0) is 6.61 Å². The molecule has 30 heavy (non-hydrogen) atoms. The summed E-state index contributed by atoms with van der Waals surface area (Å²) in [5.74, 6) is 0.425. The minimum Gasteiger partial charge on any atom is -0.487 e. The van der Waals surface area contributed by atoms with Gasteiger partial charge in [-0.2, -0.15) is 0 Å². The van der Waals surface area contributed by atoms with E-state index in [9.17, 15) is 9.59 Å². The smallest absolute Gasteiger partial charge is 0.255 e. The first-order chi connectivity index (χ1) is 14.6. The topological polar surface area (TPSA) is 71.5 Å². The van der Waals surface area contributed by atoms with Crippen LogP contribution in [0, 0.1) is 6.92 Å². The van der Waals surface area contributed by atoms with Gasteiger partial charge >= 0.3 is 0 Å². The number of nitrogens with zero attached hydrogens (tertiary/aromatic N) is 2. The van der Waals surface area contributed by atoms with Gasteiger partial charge in [-0.3, -0.25) is 9.59 Å². The summed E-state index contributed by atoms with van der Waals surface area (Å²) in [6.07, 6.45) is 2.12. The fourth-order valence-electron chi connectivity index (χ4n) is 3.36. The number of carbonyl (C=O) groups is 2. The highest BCUT2D eigenvalue weighted by Crippen LogP contribution is 2.19. The molecule has 1 N–H and O–H groups in total. The molecule has 2 aromatic carbocycles. The van der Waals surface area contributed by atoms with E-state index >= 15 is 0 Å². The first kappa shape index (κ1) is 20.1. The molecule has 0 aliphatic carbocycles. The predicted molar refractivity (Wildman–Crippen MR) is 117 cm³/mol. The van der Waals surface area contributed by atoms with Crippen molar-refractivity contribution in [3.05, 3.63) is 75.7 Å². The maximum atomic E-state index is 12.6. The van der Waals surface area contributed by atoms with Crippen LogP contribution in [0.25, 0.3) is 0 Å². The van der Waals surface area contributed by atoms with Crippen molar-refractivity contribution in [3.63, 3.8) is 0 Å². The fraction of sp³-hybridized carbons (Fsp3) is 0.261. The van der Waals surface area contributed by atoms with Crippen molar-refractivity contribution in [3.8, 4) is 5.75 Å². The van der Waals surface area contributed by atoms with Crippen molar-refractivity contribution in [1.29, 1.82) is 0 Å². The second-order valence-electron chi connectivity index (χ2n) is 7.21.